The first-order valence-electron chi connectivity index (χ1n) is 4.91. The zero-order valence-corrected chi connectivity index (χ0v) is 9.30. The molecule has 4 heteroatoms. The van der Waals surface area contributed by atoms with Gasteiger partial charge < -0.3 is 4.98 Å². The van der Waals surface area contributed by atoms with E-state index in [4.69, 9.17) is 0 Å². The Morgan fingerprint density at radius 1 is 1.47 bits per heavy atom. The summed E-state index contributed by atoms with van der Waals surface area (Å²) in [6.45, 7) is 2.14. The number of benzene rings is 1. The van der Waals surface area contributed by atoms with Gasteiger partial charge in [0, 0.05) is 4.90 Å². The number of nitrogens with zero attached hydrogens (tertiary/aromatic N) is 1. The Balaban J connectivity index is 2.45. The van der Waals surface area contributed by atoms with Crippen LogP contribution in [0.3, 0.4) is 0 Å². The zero-order valence-electron chi connectivity index (χ0n) is 8.49. The molecule has 78 valence electrons. The molecular weight excluding hydrogens is 208 g/mol. The third kappa shape index (κ3) is 2.21. The van der Waals surface area contributed by atoms with Crippen molar-refractivity contribution in [3.05, 3.63) is 34.9 Å². The summed E-state index contributed by atoms with van der Waals surface area (Å²) in [7, 11) is 0. The SMILES string of the molecule is CCCSc1ccc2nc[nH]c(=O)c2c1. The van der Waals surface area contributed by atoms with Crippen LogP contribution in [0, 0.1) is 0 Å². The monoisotopic (exact) mass is 220 g/mol. The fourth-order valence-electron chi connectivity index (χ4n) is 1.36. The normalized spacial score (nSPS) is 10.7. The molecule has 1 N–H and O–H groups in total. The number of fused-ring (bicyclic) bond motifs is 1. The summed E-state index contributed by atoms with van der Waals surface area (Å²) in [6.07, 6.45) is 2.57. The van der Waals surface area contributed by atoms with Gasteiger partial charge in [0.05, 0.1) is 17.2 Å². The highest BCUT2D eigenvalue weighted by Gasteiger charge is 2.00. The molecular formula is C11H12N2OS. The van der Waals surface area contributed by atoms with Crippen LogP contribution in [0.2, 0.25) is 0 Å². The lowest BCUT2D eigenvalue weighted by atomic mass is 10.2. The smallest absolute Gasteiger partial charge is 0.258 e. The van der Waals surface area contributed by atoms with Crippen molar-refractivity contribution in [3.63, 3.8) is 0 Å². The average molecular weight is 220 g/mol. The molecule has 0 atom stereocenters. The van der Waals surface area contributed by atoms with Crippen LogP contribution in [0.15, 0.2) is 34.2 Å². The minimum Gasteiger partial charge on any atom is -0.313 e. The van der Waals surface area contributed by atoms with E-state index in [-0.39, 0.29) is 5.56 Å². The molecule has 15 heavy (non-hydrogen) atoms. The lowest BCUT2D eigenvalue weighted by molar-refractivity contribution is 1.10. The first-order valence-corrected chi connectivity index (χ1v) is 5.90. The van der Waals surface area contributed by atoms with Crippen molar-refractivity contribution in [2.24, 2.45) is 0 Å². The Kier molecular flexibility index (Phi) is 3.06. The van der Waals surface area contributed by atoms with Gasteiger partial charge in [0.2, 0.25) is 0 Å². The Labute approximate surface area is 91.9 Å². The van der Waals surface area contributed by atoms with Crippen LogP contribution in [0.4, 0.5) is 0 Å². The number of aromatic amines is 1. The number of hydrogen-bond acceptors (Lipinski definition) is 3. The van der Waals surface area contributed by atoms with Gasteiger partial charge in [-0.2, -0.15) is 0 Å². The predicted molar refractivity (Wildman–Crippen MR) is 63.4 cm³/mol. The molecule has 0 fully saturated rings. The van der Waals surface area contributed by atoms with E-state index < -0.39 is 0 Å². The van der Waals surface area contributed by atoms with Crippen LogP contribution in [-0.2, 0) is 0 Å². The summed E-state index contributed by atoms with van der Waals surface area (Å²) in [5.41, 5.74) is 0.679. The van der Waals surface area contributed by atoms with Crippen LogP contribution in [0.1, 0.15) is 13.3 Å². The zero-order chi connectivity index (χ0) is 10.7. The summed E-state index contributed by atoms with van der Waals surface area (Å²) >= 11 is 1.76. The summed E-state index contributed by atoms with van der Waals surface area (Å²) in [5, 5.41) is 0.665. The molecule has 0 aliphatic rings. The van der Waals surface area contributed by atoms with Crippen LogP contribution >= 0.6 is 11.8 Å². The van der Waals surface area contributed by atoms with Crippen LogP contribution in [-0.4, -0.2) is 15.7 Å². The highest BCUT2D eigenvalue weighted by Crippen LogP contribution is 2.21. The van der Waals surface area contributed by atoms with E-state index in [1.807, 2.05) is 18.2 Å². The van der Waals surface area contributed by atoms with E-state index in [1.165, 1.54) is 6.33 Å². The molecule has 0 saturated heterocycles. The van der Waals surface area contributed by atoms with E-state index in [1.54, 1.807) is 11.8 Å². The maximum absolute atomic E-state index is 11.5. The van der Waals surface area contributed by atoms with Gasteiger partial charge in [-0.3, -0.25) is 4.79 Å². The van der Waals surface area contributed by atoms with Crippen molar-refractivity contribution < 1.29 is 0 Å². The van der Waals surface area contributed by atoms with Crippen molar-refractivity contribution in [1.82, 2.24) is 9.97 Å². The van der Waals surface area contributed by atoms with Crippen molar-refractivity contribution in [1.29, 1.82) is 0 Å². The summed E-state index contributed by atoms with van der Waals surface area (Å²) < 4.78 is 0. The predicted octanol–water partition coefficient (Wildman–Crippen LogP) is 2.43. The lowest BCUT2D eigenvalue weighted by Crippen LogP contribution is -2.05. The second kappa shape index (κ2) is 4.49. The van der Waals surface area contributed by atoms with Crippen molar-refractivity contribution in [2.45, 2.75) is 18.2 Å². The van der Waals surface area contributed by atoms with Gasteiger partial charge in [-0.05, 0) is 30.4 Å². The van der Waals surface area contributed by atoms with E-state index in [0.29, 0.717) is 5.39 Å². The maximum Gasteiger partial charge on any atom is 0.258 e. The molecule has 2 rings (SSSR count). The Bertz CT molecular complexity index is 521. The number of rotatable bonds is 3. The largest absolute Gasteiger partial charge is 0.313 e. The molecule has 0 aliphatic carbocycles. The minimum atomic E-state index is -0.0704. The lowest BCUT2D eigenvalue weighted by Gasteiger charge is -2.00. The first-order chi connectivity index (χ1) is 7.31. The Morgan fingerprint density at radius 2 is 2.33 bits per heavy atom. The fourth-order valence-corrected chi connectivity index (χ4v) is 2.16. The molecule has 0 amide bonds. The number of nitrogens with one attached hydrogen (secondary N) is 1. The van der Waals surface area contributed by atoms with Crippen LogP contribution < -0.4 is 5.56 Å². The standard InChI is InChI=1S/C11H12N2OS/c1-2-5-15-8-3-4-10-9(6-8)11(14)13-7-12-10/h3-4,6-7H,2,5H2,1H3,(H,12,13,14). The van der Waals surface area contributed by atoms with Gasteiger partial charge >= 0.3 is 0 Å². The Hall–Kier alpha value is -1.29. The molecule has 2 aromatic rings. The van der Waals surface area contributed by atoms with Crippen molar-refractivity contribution in [2.75, 3.05) is 5.75 Å². The van der Waals surface area contributed by atoms with Gasteiger partial charge in [-0.25, -0.2) is 4.98 Å². The van der Waals surface area contributed by atoms with E-state index in [0.717, 1.165) is 22.6 Å². The number of thioether (sulfide) groups is 1. The van der Waals surface area contributed by atoms with Gasteiger partial charge in [0.15, 0.2) is 0 Å². The molecule has 1 heterocycles. The highest BCUT2D eigenvalue weighted by molar-refractivity contribution is 7.99. The van der Waals surface area contributed by atoms with Crippen LogP contribution in [0.5, 0.6) is 0 Å². The minimum absolute atomic E-state index is 0.0704. The van der Waals surface area contributed by atoms with Gasteiger partial charge in [0.25, 0.3) is 5.56 Å². The molecule has 0 aliphatic heterocycles. The first kappa shape index (κ1) is 10.2. The molecule has 0 unspecified atom stereocenters. The van der Waals surface area contributed by atoms with Gasteiger partial charge in [-0.15, -0.1) is 11.8 Å². The molecule has 3 nitrogen and oxygen atoms in total. The van der Waals surface area contributed by atoms with E-state index in [2.05, 4.69) is 16.9 Å². The maximum atomic E-state index is 11.5. The molecule has 1 aromatic carbocycles. The number of aromatic nitrogens is 2. The third-order valence-corrected chi connectivity index (χ3v) is 3.28. The molecule has 0 radical (unpaired) electrons. The number of hydrogen-bond donors (Lipinski definition) is 1. The summed E-state index contributed by atoms with van der Waals surface area (Å²) in [4.78, 5) is 19.3. The molecule has 0 saturated carbocycles. The van der Waals surface area contributed by atoms with Gasteiger partial charge in [-0.1, -0.05) is 6.92 Å². The second-order valence-electron chi connectivity index (χ2n) is 3.26. The fraction of sp³-hybridized carbons (Fsp3) is 0.273. The summed E-state index contributed by atoms with van der Waals surface area (Å²) in [6, 6.07) is 5.80. The van der Waals surface area contributed by atoms with Crippen molar-refractivity contribution in [3.8, 4) is 0 Å². The summed E-state index contributed by atoms with van der Waals surface area (Å²) in [5.74, 6) is 1.07. The highest BCUT2D eigenvalue weighted by atomic mass is 32.2. The number of H-pyrrole nitrogens is 1. The van der Waals surface area contributed by atoms with E-state index >= 15 is 0 Å². The Morgan fingerprint density at radius 3 is 3.13 bits per heavy atom. The second-order valence-corrected chi connectivity index (χ2v) is 4.43. The third-order valence-electron chi connectivity index (χ3n) is 2.08. The topological polar surface area (TPSA) is 45.8 Å². The molecule has 0 bridgehead atoms. The van der Waals surface area contributed by atoms with Gasteiger partial charge in [0.1, 0.15) is 0 Å². The van der Waals surface area contributed by atoms with Crippen molar-refractivity contribution >= 4 is 22.7 Å². The van der Waals surface area contributed by atoms with Crippen LogP contribution in [0.25, 0.3) is 10.9 Å². The average Bonchev–Trinajstić information content (AvgIpc) is 2.27. The molecule has 0 spiro atoms. The van der Waals surface area contributed by atoms with E-state index in [9.17, 15) is 4.79 Å². The molecule has 1 aromatic heterocycles. The quantitative estimate of drug-likeness (QED) is 0.808.